The Hall–Kier alpha value is -2.67. The first-order valence-electron chi connectivity index (χ1n) is 8.40. The quantitative estimate of drug-likeness (QED) is 0.737. The second-order valence-electron chi connectivity index (χ2n) is 6.34. The van der Waals surface area contributed by atoms with Crippen molar-refractivity contribution < 1.29 is 14.7 Å². The zero-order chi connectivity index (χ0) is 17.6. The average Bonchev–Trinajstić information content (AvgIpc) is 3.14. The summed E-state index contributed by atoms with van der Waals surface area (Å²) in [5.74, 6) is -1.03. The number of carboxylic acids is 1. The largest absolute Gasteiger partial charge is 0.480 e. The van der Waals surface area contributed by atoms with Crippen molar-refractivity contribution in [2.24, 2.45) is 5.92 Å². The molecule has 0 radical (unpaired) electrons. The second kappa shape index (κ2) is 7.94. The summed E-state index contributed by atoms with van der Waals surface area (Å²) in [7, 11) is 0. The summed E-state index contributed by atoms with van der Waals surface area (Å²) in [4.78, 5) is 25.9. The number of amides is 1. The Kier molecular flexibility index (Phi) is 5.45. The zero-order valence-corrected chi connectivity index (χ0v) is 13.9. The van der Waals surface area contributed by atoms with Gasteiger partial charge in [0.05, 0.1) is 18.2 Å². The lowest BCUT2D eigenvalue weighted by Gasteiger charge is -2.31. The van der Waals surface area contributed by atoms with Crippen molar-refractivity contribution in [1.82, 2.24) is 20.4 Å². The minimum absolute atomic E-state index is 0.0368. The van der Waals surface area contributed by atoms with E-state index in [1.807, 2.05) is 36.4 Å². The summed E-state index contributed by atoms with van der Waals surface area (Å²) >= 11 is 0. The predicted molar refractivity (Wildman–Crippen MR) is 91.4 cm³/mol. The molecule has 2 atom stereocenters. The molecule has 3 N–H and O–H groups in total. The Morgan fingerprint density at radius 3 is 2.56 bits per heavy atom. The number of rotatable bonds is 6. The van der Waals surface area contributed by atoms with Crippen LogP contribution in [0.15, 0.2) is 42.6 Å². The molecular weight excluding hydrogens is 320 g/mol. The van der Waals surface area contributed by atoms with Crippen LogP contribution < -0.4 is 5.32 Å². The topological polar surface area (TPSA) is 98.3 Å². The third-order valence-electron chi connectivity index (χ3n) is 4.51. The highest BCUT2D eigenvalue weighted by atomic mass is 16.4. The first-order valence-corrected chi connectivity index (χ1v) is 8.40. The smallest absolute Gasteiger partial charge is 0.320 e. The highest BCUT2D eigenvalue weighted by Crippen LogP contribution is 2.20. The van der Waals surface area contributed by atoms with Gasteiger partial charge in [0.15, 0.2) is 0 Å². The summed E-state index contributed by atoms with van der Waals surface area (Å²) in [5, 5.41) is 18.9. The van der Waals surface area contributed by atoms with Gasteiger partial charge in [0.1, 0.15) is 6.04 Å². The molecule has 0 aliphatic carbocycles. The first-order chi connectivity index (χ1) is 12.1. The maximum Gasteiger partial charge on any atom is 0.320 e. The van der Waals surface area contributed by atoms with E-state index in [1.165, 1.54) is 0 Å². The number of carbonyl (C=O) groups is 2. The number of hydrogen-bond donors (Lipinski definition) is 3. The van der Waals surface area contributed by atoms with Gasteiger partial charge in [-0.3, -0.25) is 14.7 Å². The van der Waals surface area contributed by atoms with Gasteiger partial charge in [-0.25, -0.2) is 0 Å². The molecule has 2 aromatic rings. The Balaban J connectivity index is 1.69. The number of carbonyl (C=O) groups excluding carboxylic acids is 1. The molecule has 2 heterocycles. The molecule has 132 valence electrons. The Labute approximate surface area is 146 Å². The van der Waals surface area contributed by atoms with E-state index in [-0.39, 0.29) is 11.8 Å². The Morgan fingerprint density at radius 2 is 1.96 bits per heavy atom. The van der Waals surface area contributed by atoms with E-state index >= 15 is 0 Å². The van der Waals surface area contributed by atoms with Gasteiger partial charge in [-0.05, 0) is 24.5 Å². The van der Waals surface area contributed by atoms with E-state index in [0.29, 0.717) is 32.5 Å². The minimum atomic E-state index is -0.857. The molecule has 1 aliphatic rings. The average molecular weight is 342 g/mol. The molecule has 7 heteroatoms. The fourth-order valence-electron chi connectivity index (χ4n) is 3.13. The first kappa shape index (κ1) is 17.2. The van der Waals surface area contributed by atoms with Crippen molar-refractivity contribution in [3.8, 4) is 0 Å². The van der Waals surface area contributed by atoms with Crippen LogP contribution in [0, 0.1) is 5.92 Å². The third-order valence-corrected chi connectivity index (χ3v) is 4.51. The molecule has 1 aromatic carbocycles. The molecule has 1 fully saturated rings. The lowest BCUT2D eigenvalue weighted by molar-refractivity contribution is -0.143. The van der Waals surface area contributed by atoms with Crippen molar-refractivity contribution in [2.75, 3.05) is 6.54 Å². The number of nitrogens with one attached hydrogen (secondary N) is 2. The molecule has 0 spiro atoms. The van der Waals surface area contributed by atoms with Gasteiger partial charge in [-0.15, -0.1) is 0 Å². The van der Waals surface area contributed by atoms with Crippen molar-refractivity contribution in [3.05, 3.63) is 53.9 Å². The molecular formula is C18H22N4O3. The van der Waals surface area contributed by atoms with Gasteiger partial charge in [0.2, 0.25) is 5.91 Å². The van der Waals surface area contributed by atoms with E-state index < -0.39 is 12.0 Å². The van der Waals surface area contributed by atoms with Crippen LogP contribution in [-0.4, -0.2) is 44.7 Å². The fourth-order valence-corrected chi connectivity index (χ4v) is 3.13. The number of carboxylic acid groups (broad SMARTS) is 1. The van der Waals surface area contributed by atoms with Crippen LogP contribution in [-0.2, 0) is 22.7 Å². The monoisotopic (exact) mass is 342 g/mol. The lowest BCUT2D eigenvalue weighted by atomic mass is 9.93. The maximum atomic E-state index is 13.0. The number of aromatic nitrogens is 2. The van der Waals surface area contributed by atoms with Crippen molar-refractivity contribution in [2.45, 2.75) is 32.0 Å². The lowest BCUT2D eigenvalue weighted by Crippen LogP contribution is -2.48. The van der Waals surface area contributed by atoms with Crippen LogP contribution in [0.5, 0.6) is 0 Å². The molecule has 0 bridgehead atoms. The Bertz CT molecular complexity index is 694. The minimum Gasteiger partial charge on any atom is -0.480 e. The number of benzene rings is 1. The van der Waals surface area contributed by atoms with Gasteiger partial charge in [-0.1, -0.05) is 30.3 Å². The predicted octanol–water partition coefficient (Wildman–Crippen LogP) is 1.39. The Morgan fingerprint density at radius 1 is 1.16 bits per heavy atom. The van der Waals surface area contributed by atoms with Crippen LogP contribution in [0.25, 0.3) is 0 Å². The number of nitrogens with zero attached hydrogens (tertiary/aromatic N) is 2. The van der Waals surface area contributed by atoms with Crippen LogP contribution in [0.1, 0.15) is 24.1 Å². The van der Waals surface area contributed by atoms with Crippen molar-refractivity contribution in [1.29, 1.82) is 0 Å². The van der Waals surface area contributed by atoms with Gasteiger partial charge in [-0.2, -0.15) is 5.10 Å². The molecule has 1 aliphatic heterocycles. The van der Waals surface area contributed by atoms with E-state index in [4.69, 9.17) is 5.11 Å². The fraction of sp³-hybridized carbons (Fsp3) is 0.389. The van der Waals surface area contributed by atoms with Crippen LogP contribution in [0.4, 0.5) is 0 Å². The number of hydrogen-bond acceptors (Lipinski definition) is 4. The van der Waals surface area contributed by atoms with E-state index in [9.17, 15) is 9.59 Å². The molecule has 0 saturated carbocycles. The summed E-state index contributed by atoms with van der Waals surface area (Å²) in [5.41, 5.74) is 1.93. The molecule has 3 rings (SSSR count). The summed E-state index contributed by atoms with van der Waals surface area (Å²) < 4.78 is 0. The summed E-state index contributed by atoms with van der Waals surface area (Å²) in [6.45, 7) is 1.36. The molecule has 1 aromatic heterocycles. The van der Waals surface area contributed by atoms with Gasteiger partial charge in [0, 0.05) is 19.3 Å². The number of piperidine rings is 1. The highest BCUT2D eigenvalue weighted by molar-refractivity contribution is 5.80. The van der Waals surface area contributed by atoms with Gasteiger partial charge in [0.25, 0.3) is 0 Å². The summed E-state index contributed by atoms with van der Waals surface area (Å²) in [6.07, 6.45) is 2.71. The van der Waals surface area contributed by atoms with E-state index in [0.717, 1.165) is 11.3 Å². The standard InChI is InChI=1S/C18H22N4O3/c23-17(14-6-7-16(18(24)25)19-10-14)22(12-15-8-9-20-21-15)11-13-4-2-1-3-5-13/h1-5,8-9,14,16,19H,6-7,10-12H2,(H,20,21)(H,24,25). The zero-order valence-electron chi connectivity index (χ0n) is 13.9. The molecule has 2 unspecified atom stereocenters. The van der Waals surface area contributed by atoms with Crippen LogP contribution in [0.2, 0.25) is 0 Å². The highest BCUT2D eigenvalue weighted by Gasteiger charge is 2.31. The number of aromatic amines is 1. The van der Waals surface area contributed by atoms with Crippen LogP contribution in [0.3, 0.4) is 0 Å². The van der Waals surface area contributed by atoms with Crippen molar-refractivity contribution in [3.63, 3.8) is 0 Å². The maximum absolute atomic E-state index is 13.0. The van der Waals surface area contributed by atoms with E-state index in [2.05, 4.69) is 15.5 Å². The normalized spacial score (nSPS) is 20.2. The van der Waals surface area contributed by atoms with Crippen molar-refractivity contribution >= 4 is 11.9 Å². The van der Waals surface area contributed by atoms with Crippen LogP contribution >= 0.6 is 0 Å². The molecule has 7 nitrogen and oxygen atoms in total. The van der Waals surface area contributed by atoms with Gasteiger partial charge >= 0.3 is 5.97 Å². The van der Waals surface area contributed by atoms with E-state index in [1.54, 1.807) is 11.1 Å². The molecule has 1 saturated heterocycles. The summed E-state index contributed by atoms with van der Waals surface area (Å²) in [6, 6.07) is 11.1. The molecule has 1 amide bonds. The number of H-pyrrole nitrogens is 1. The SMILES string of the molecule is O=C(O)C1CCC(C(=O)N(Cc2ccccc2)Cc2ccn[nH]2)CN1. The second-order valence-corrected chi connectivity index (χ2v) is 6.34. The molecule has 25 heavy (non-hydrogen) atoms. The third kappa shape index (κ3) is 4.45. The van der Waals surface area contributed by atoms with Gasteiger partial charge < -0.3 is 15.3 Å². The number of aliphatic carboxylic acids is 1.